The van der Waals surface area contributed by atoms with Crippen LogP contribution in [0.3, 0.4) is 0 Å². The summed E-state index contributed by atoms with van der Waals surface area (Å²) in [5.74, 6) is 0.181. The lowest BCUT2D eigenvalue weighted by Gasteiger charge is -2.40. The summed E-state index contributed by atoms with van der Waals surface area (Å²) in [5.41, 5.74) is -0.0958. The van der Waals surface area contributed by atoms with E-state index in [1.165, 1.54) is 0 Å². The Kier molecular flexibility index (Phi) is 4.81. The van der Waals surface area contributed by atoms with Crippen LogP contribution in [0.5, 0.6) is 0 Å². The number of hydrogen-bond acceptors (Lipinski definition) is 2. The summed E-state index contributed by atoms with van der Waals surface area (Å²) >= 11 is 0. The summed E-state index contributed by atoms with van der Waals surface area (Å²) < 4.78 is 5.66. The first-order chi connectivity index (χ1) is 9.23. The number of carbonyl (C=O) groups excluding carboxylic acids is 1. The van der Waals surface area contributed by atoms with Gasteiger partial charge in [-0.25, -0.2) is 0 Å². The van der Waals surface area contributed by atoms with Crippen molar-refractivity contribution in [1.29, 1.82) is 0 Å². The normalized spacial score (nSPS) is 26.1. The molecule has 0 spiro atoms. The molecule has 3 nitrogen and oxygen atoms in total. The molecule has 0 aliphatic carbocycles. The fourth-order valence-electron chi connectivity index (χ4n) is 3.44. The van der Waals surface area contributed by atoms with Crippen LogP contribution in [0.1, 0.15) is 44.9 Å². The van der Waals surface area contributed by atoms with E-state index in [-0.39, 0.29) is 17.6 Å². The molecule has 0 aromatic carbocycles. The van der Waals surface area contributed by atoms with E-state index >= 15 is 0 Å². The number of ether oxygens (including phenoxy) is 1. The minimum Gasteiger partial charge on any atom is -0.368 e. The van der Waals surface area contributed by atoms with E-state index in [2.05, 4.69) is 13.2 Å². The maximum absolute atomic E-state index is 12.7. The number of amides is 1. The fourth-order valence-corrected chi connectivity index (χ4v) is 3.44. The van der Waals surface area contributed by atoms with Crippen LogP contribution in [0.15, 0.2) is 25.3 Å². The minimum absolute atomic E-state index is 0.0958. The molecule has 2 saturated heterocycles. The highest BCUT2D eigenvalue weighted by Gasteiger charge is 2.43. The van der Waals surface area contributed by atoms with Crippen LogP contribution in [-0.4, -0.2) is 35.6 Å². The number of carbonyl (C=O) groups is 1. The van der Waals surface area contributed by atoms with Crippen LogP contribution in [0, 0.1) is 0 Å². The van der Waals surface area contributed by atoms with Crippen LogP contribution in [0.4, 0.5) is 0 Å². The molecular formula is C16H25NO2. The minimum atomic E-state index is -0.221. The van der Waals surface area contributed by atoms with Gasteiger partial charge in [-0.05, 0) is 44.9 Å². The SMILES string of the molecule is C=CCC1(CC=C)CCCN1C(=O)[C@@H]1CCCCO1. The van der Waals surface area contributed by atoms with Gasteiger partial charge in [0, 0.05) is 18.7 Å². The average molecular weight is 263 g/mol. The second-order valence-electron chi connectivity index (χ2n) is 5.66. The summed E-state index contributed by atoms with van der Waals surface area (Å²) in [4.78, 5) is 14.7. The van der Waals surface area contributed by atoms with Gasteiger partial charge in [-0.15, -0.1) is 13.2 Å². The highest BCUT2D eigenvalue weighted by molar-refractivity contribution is 5.82. The van der Waals surface area contributed by atoms with E-state index in [1.807, 2.05) is 17.1 Å². The zero-order valence-electron chi connectivity index (χ0n) is 11.8. The number of likely N-dealkylation sites (tertiary alicyclic amines) is 1. The van der Waals surface area contributed by atoms with Gasteiger partial charge in [-0.3, -0.25) is 4.79 Å². The first kappa shape index (κ1) is 14.3. The fraction of sp³-hybridized carbons (Fsp3) is 0.688. The quantitative estimate of drug-likeness (QED) is 0.713. The monoisotopic (exact) mass is 263 g/mol. The van der Waals surface area contributed by atoms with Crippen molar-refractivity contribution in [3.63, 3.8) is 0 Å². The molecule has 0 N–H and O–H groups in total. The Morgan fingerprint density at radius 3 is 2.58 bits per heavy atom. The van der Waals surface area contributed by atoms with Crippen molar-refractivity contribution in [2.75, 3.05) is 13.2 Å². The molecule has 3 heteroatoms. The van der Waals surface area contributed by atoms with Gasteiger partial charge in [-0.2, -0.15) is 0 Å². The van der Waals surface area contributed by atoms with Gasteiger partial charge in [0.2, 0.25) is 0 Å². The topological polar surface area (TPSA) is 29.5 Å². The molecule has 2 aliphatic rings. The Morgan fingerprint density at radius 1 is 1.26 bits per heavy atom. The molecule has 1 atom stereocenters. The molecule has 0 radical (unpaired) electrons. The Morgan fingerprint density at radius 2 is 2.00 bits per heavy atom. The molecule has 0 aromatic rings. The zero-order chi connectivity index (χ0) is 13.7. The molecule has 0 aromatic heterocycles. The molecule has 19 heavy (non-hydrogen) atoms. The van der Waals surface area contributed by atoms with Crippen LogP contribution in [-0.2, 0) is 9.53 Å². The molecule has 2 fully saturated rings. The van der Waals surface area contributed by atoms with Crippen LogP contribution in [0.25, 0.3) is 0 Å². The first-order valence-corrected chi connectivity index (χ1v) is 7.38. The summed E-state index contributed by atoms with van der Waals surface area (Å²) in [6.07, 6.45) is 10.5. The van der Waals surface area contributed by atoms with Crippen LogP contribution in [0.2, 0.25) is 0 Å². The second-order valence-corrected chi connectivity index (χ2v) is 5.66. The first-order valence-electron chi connectivity index (χ1n) is 7.38. The largest absolute Gasteiger partial charge is 0.368 e. The molecule has 0 saturated carbocycles. The van der Waals surface area contributed by atoms with E-state index in [4.69, 9.17) is 4.74 Å². The van der Waals surface area contributed by atoms with Gasteiger partial charge in [-0.1, -0.05) is 12.2 Å². The van der Waals surface area contributed by atoms with Crippen molar-refractivity contribution in [2.24, 2.45) is 0 Å². The van der Waals surface area contributed by atoms with E-state index in [0.717, 1.165) is 58.1 Å². The molecular weight excluding hydrogens is 238 g/mol. The third-order valence-electron chi connectivity index (χ3n) is 4.37. The highest BCUT2D eigenvalue weighted by atomic mass is 16.5. The molecule has 2 aliphatic heterocycles. The van der Waals surface area contributed by atoms with Crippen molar-refractivity contribution in [1.82, 2.24) is 4.90 Å². The van der Waals surface area contributed by atoms with Gasteiger partial charge < -0.3 is 9.64 Å². The van der Waals surface area contributed by atoms with Crippen molar-refractivity contribution >= 4 is 5.91 Å². The van der Waals surface area contributed by atoms with Gasteiger partial charge in [0.15, 0.2) is 0 Å². The number of rotatable bonds is 5. The molecule has 0 bridgehead atoms. The molecule has 2 rings (SSSR count). The summed E-state index contributed by atoms with van der Waals surface area (Å²) in [6.45, 7) is 9.28. The van der Waals surface area contributed by atoms with Gasteiger partial charge in [0.1, 0.15) is 6.10 Å². The Labute approximate surface area is 116 Å². The third-order valence-corrected chi connectivity index (χ3v) is 4.37. The lowest BCUT2D eigenvalue weighted by Crippen LogP contribution is -2.51. The average Bonchev–Trinajstić information content (AvgIpc) is 2.83. The third kappa shape index (κ3) is 2.92. The standard InChI is InChI=1S/C16H25NO2/c1-3-9-16(10-4-2)11-7-12-17(16)15(18)14-8-5-6-13-19-14/h3-4,14H,1-2,5-13H2/t14-/m0/s1. The lowest BCUT2D eigenvalue weighted by atomic mass is 9.87. The van der Waals surface area contributed by atoms with E-state index in [0.29, 0.717) is 0 Å². The zero-order valence-corrected chi connectivity index (χ0v) is 11.8. The molecule has 0 unspecified atom stereocenters. The maximum Gasteiger partial charge on any atom is 0.252 e. The smallest absolute Gasteiger partial charge is 0.252 e. The highest BCUT2D eigenvalue weighted by Crippen LogP contribution is 2.37. The second kappa shape index (κ2) is 6.38. The van der Waals surface area contributed by atoms with Crippen LogP contribution >= 0.6 is 0 Å². The Hall–Kier alpha value is -1.09. The van der Waals surface area contributed by atoms with Gasteiger partial charge >= 0.3 is 0 Å². The number of hydrogen-bond donors (Lipinski definition) is 0. The summed E-state index contributed by atoms with van der Waals surface area (Å²) in [7, 11) is 0. The predicted octanol–water partition coefficient (Wildman–Crippen LogP) is 3.07. The number of nitrogens with zero attached hydrogens (tertiary/aromatic N) is 1. The Balaban J connectivity index is 2.12. The van der Waals surface area contributed by atoms with Gasteiger partial charge in [0.25, 0.3) is 5.91 Å². The maximum atomic E-state index is 12.7. The van der Waals surface area contributed by atoms with E-state index in [9.17, 15) is 4.79 Å². The molecule has 106 valence electrons. The summed E-state index contributed by atoms with van der Waals surface area (Å²) in [5, 5.41) is 0. The van der Waals surface area contributed by atoms with Gasteiger partial charge in [0.05, 0.1) is 0 Å². The van der Waals surface area contributed by atoms with Crippen molar-refractivity contribution in [3.8, 4) is 0 Å². The van der Waals surface area contributed by atoms with E-state index < -0.39 is 0 Å². The van der Waals surface area contributed by atoms with Crippen molar-refractivity contribution in [2.45, 2.75) is 56.6 Å². The van der Waals surface area contributed by atoms with E-state index in [1.54, 1.807) is 0 Å². The Bertz CT molecular complexity index is 335. The van der Waals surface area contributed by atoms with Crippen molar-refractivity contribution < 1.29 is 9.53 Å². The van der Waals surface area contributed by atoms with Crippen LogP contribution < -0.4 is 0 Å². The predicted molar refractivity (Wildman–Crippen MR) is 76.9 cm³/mol. The molecule has 1 amide bonds. The van der Waals surface area contributed by atoms with Crippen molar-refractivity contribution in [3.05, 3.63) is 25.3 Å². The summed E-state index contributed by atoms with van der Waals surface area (Å²) in [6, 6.07) is 0. The molecule has 2 heterocycles. The lowest BCUT2D eigenvalue weighted by molar-refractivity contribution is -0.150.